The van der Waals surface area contributed by atoms with E-state index in [0.29, 0.717) is 5.41 Å². The van der Waals surface area contributed by atoms with Gasteiger partial charge in [0, 0.05) is 0 Å². The number of unbranched alkanes of at least 4 members (excludes halogenated alkanes) is 9. The van der Waals surface area contributed by atoms with Gasteiger partial charge >= 0.3 is 0 Å². The van der Waals surface area contributed by atoms with E-state index in [0.717, 1.165) is 0 Å². The molecule has 0 radical (unpaired) electrons. The first-order valence-corrected chi connectivity index (χ1v) is 8.64. The molecule has 1 heteroatoms. The molecule has 0 rings (SSSR count). The molecule has 1 atom stereocenters. The Morgan fingerprint density at radius 2 is 1.12 bits per heavy atom. The van der Waals surface area contributed by atoms with Crippen molar-refractivity contribution in [3.63, 3.8) is 0 Å². The van der Waals surface area contributed by atoms with Gasteiger partial charge < -0.3 is 0 Å². The summed E-state index contributed by atoms with van der Waals surface area (Å²) in [6.45, 7) is 7.05. The highest BCUT2D eigenvalue weighted by Crippen LogP contribution is 2.26. The molecule has 0 saturated heterocycles. The third kappa shape index (κ3) is 12.7. The van der Waals surface area contributed by atoms with E-state index in [1.165, 1.54) is 76.8 Å². The van der Waals surface area contributed by atoms with E-state index in [1.54, 1.807) is 0 Å². The van der Waals surface area contributed by atoms with Crippen molar-refractivity contribution in [2.24, 2.45) is 5.41 Å². The van der Waals surface area contributed by atoms with Crippen LogP contribution in [0.3, 0.4) is 0 Å². The molecule has 0 aromatic carbocycles. The molecular formula is C16H35P. The summed E-state index contributed by atoms with van der Waals surface area (Å²) >= 11 is 0. The van der Waals surface area contributed by atoms with Gasteiger partial charge in [-0.25, -0.2) is 0 Å². The topological polar surface area (TPSA) is 0 Å². The van der Waals surface area contributed by atoms with E-state index >= 15 is 0 Å². The molecule has 104 valence electrons. The van der Waals surface area contributed by atoms with Crippen LogP contribution in [0.5, 0.6) is 0 Å². The highest BCUT2D eigenvalue weighted by molar-refractivity contribution is 7.16. The molecule has 0 amide bonds. The summed E-state index contributed by atoms with van der Waals surface area (Å²) in [5.41, 5.74) is 0.546. The second kappa shape index (κ2) is 11.5. The van der Waals surface area contributed by atoms with Crippen molar-refractivity contribution >= 4 is 9.24 Å². The first-order valence-electron chi connectivity index (χ1n) is 7.82. The first kappa shape index (κ1) is 17.4. The van der Waals surface area contributed by atoms with E-state index in [1.807, 2.05) is 0 Å². The predicted molar refractivity (Wildman–Crippen MR) is 84.8 cm³/mol. The van der Waals surface area contributed by atoms with Crippen LogP contribution in [-0.4, -0.2) is 6.16 Å². The maximum Gasteiger partial charge on any atom is -0.0320 e. The Balaban J connectivity index is 3.09. The average Bonchev–Trinajstić information content (AvgIpc) is 2.31. The van der Waals surface area contributed by atoms with E-state index in [9.17, 15) is 0 Å². The lowest BCUT2D eigenvalue weighted by atomic mass is 9.89. The van der Waals surface area contributed by atoms with Crippen LogP contribution < -0.4 is 0 Å². The van der Waals surface area contributed by atoms with Crippen LogP contribution in [0.15, 0.2) is 0 Å². The third-order valence-electron chi connectivity index (χ3n) is 3.76. The highest BCUT2D eigenvalue weighted by Gasteiger charge is 2.13. The molecular weight excluding hydrogens is 223 g/mol. The van der Waals surface area contributed by atoms with Gasteiger partial charge in [-0.2, -0.15) is 0 Å². The molecule has 0 aromatic rings. The average molecular weight is 258 g/mol. The van der Waals surface area contributed by atoms with Crippen LogP contribution >= 0.6 is 9.24 Å². The first-order chi connectivity index (χ1) is 8.12. The van der Waals surface area contributed by atoms with Crippen molar-refractivity contribution < 1.29 is 0 Å². The Morgan fingerprint density at radius 1 is 0.706 bits per heavy atom. The number of hydrogen-bond acceptors (Lipinski definition) is 0. The minimum absolute atomic E-state index is 0.546. The largest absolute Gasteiger partial charge is 0.137 e. The Hall–Kier alpha value is 0.430. The summed E-state index contributed by atoms with van der Waals surface area (Å²) in [6.07, 6.45) is 17.1. The SMILES string of the molecule is CCCCCCCCCCCCC(C)(C)CP. The van der Waals surface area contributed by atoms with Crippen molar-refractivity contribution in [3.8, 4) is 0 Å². The predicted octanol–water partition coefficient (Wildman–Crippen LogP) is 6.20. The zero-order chi connectivity index (χ0) is 13.0. The molecule has 0 aliphatic heterocycles. The fourth-order valence-corrected chi connectivity index (χ4v) is 2.40. The summed E-state index contributed by atoms with van der Waals surface area (Å²) in [5.74, 6) is 0. The minimum Gasteiger partial charge on any atom is -0.137 e. The van der Waals surface area contributed by atoms with E-state index in [-0.39, 0.29) is 0 Å². The number of hydrogen-bond donors (Lipinski definition) is 0. The maximum absolute atomic E-state index is 2.88. The van der Waals surface area contributed by atoms with Gasteiger partial charge in [-0.05, 0) is 18.0 Å². The van der Waals surface area contributed by atoms with Gasteiger partial charge in [0.2, 0.25) is 0 Å². The van der Waals surface area contributed by atoms with Gasteiger partial charge in [-0.1, -0.05) is 85.0 Å². The fourth-order valence-electron chi connectivity index (χ4n) is 2.19. The third-order valence-corrected chi connectivity index (χ3v) is 4.86. The summed E-state index contributed by atoms with van der Waals surface area (Å²) in [4.78, 5) is 0. The van der Waals surface area contributed by atoms with Crippen molar-refractivity contribution in [1.82, 2.24) is 0 Å². The Labute approximate surface area is 113 Å². The van der Waals surface area contributed by atoms with Gasteiger partial charge in [-0.3, -0.25) is 0 Å². The van der Waals surface area contributed by atoms with E-state index in [2.05, 4.69) is 30.0 Å². The molecule has 0 saturated carbocycles. The lowest BCUT2D eigenvalue weighted by molar-refractivity contribution is 0.364. The van der Waals surface area contributed by atoms with E-state index in [4.69, 9.17) is 0 Å². The molecule has 1 unspecified atom stereocenters. The second-order valence-corrected chi connectivity index (χ2v) is 6.71. The molecule has 0 spiro atoms. The molecule has 0 nitrogen and oxygen atoms in total. The van der Waals surface area contributed by atoms with Gasteiger partial charge in [-0.15, -0.1) is 9.24 Å². The Kier molecular flexibility index (Phi) is 11.8. The van der Waals surface area contributed by atoms with Crippen LogP contribution in [0.2, 0.25) is 0 Å². The van der Waals surface area contributed by atoms with Crippen molar-refractivity contribution in [2.75, 3.05) is 6.16 Å². The van der Waals surface area contributed by atoms with Gasteiger partial charge in [0.1, 0.15) is 0 Å². The van der Waals surface area contributed by atoms with Crippen molar-refractivity contribution in [3.05, 3.63) is 0 Å². The van der Waals surface area contributed by atoms with Crippen molar-refractivity contribution in [2.45, 2.75) is 91.4 Å². The van der Waals surface area contributed by atoms with Crippen LogP contribution in [-0.2, 0) is 0 Å². The minimum atomic E-state index is 0.546. The molecule has 0 heterocycles. The molecule has 0 aromatic heterocycles. The van der Waals surface area contributed by atoms with Crippen LogP contribution in [0.1, 0.15) is 91.4 Å². The van der Waals surface area contributed by atoms with Crippen LogP contribution in [0.4, 0.5) is 0 Å². The highest BCUT2D eigenvalue weighted by atomic mass is 31.0. The lowest BCUT2D eigenvalue weighted by Crippen LogP contribution is -2.12. The van der Waals surface area contributed by atoms with Crippen LogP contribution in [0, 0.1) is 5.41 Å². The van der Waals surface area contributed by atoms with Crippen molar-refractivity contribution in [1.29, 1.82) is 0 Å². The molecule has 17 heavy (non-hydrogen) atoms. The quantitative estimate of drug-likeness (QED) is 0.289. The monoisotopic (exact) mass is 258 g/mol. The van der Waals surface area contributed by atoms with Gasteiger partial charge in [0.25, 0.3) is 0 Å². The molecule has 0 aliphatic rings. The second-order valence-electron chi connectivity index (χ2n) is 6.30. The van der Waals surface area contributed by atoms with Crippen LogP contribution in [0.25, 0.3) is 0 Å². The summed E-state index contributed by atoms with van der Waals surface area (Å²) < 4.78 is 0. The lowest BCUT2D eigenvalue weighted by Gasteiger charge is -2.21. The zero-order valence-corrected chi connectivity index (χ0v) is 13.7. The molecule has 0 fully saturated rings. The Morgan fingerprint density at radius 3 is 1.53 bits per heavy atom. The van der Waals surface area contributed by atoms with Gasteiger partial charge in [0.05, 0.1) is 0 Å². The molecule has 0 bridgehead atoms. The maximum atomic E-state index is 2.88. The normalized spacial score (nSPS) is 12.0. The van der Waals surface area contributed by atoms with Gasteiger partial charge in [0.15, 0.2) is 0 Å². The summed E-state index contributed by atoms with van der Waals surface area (Å²) in [6, 6.07) is 0. The smallest absolute Gasteiger partial charge is 0.0320 e. The molecule has 0 aliphatic carbocycles. The standard InChI is InChI=1S/C16H35P/c1-4-5-6-7-8-9-10-11-12-13-14-16(2,3)15-17/h4-15,17H2,1-3H3. The number of rotatable bonds is 12. The Bertz CT molecular complexity index is 152. The zero-order valence-electron chi connectivity index (χ0n) is 12.6. The van der Waals surface area contributed by atoms with E-state index < -0.39 is 0 Å². The summed E-state index contributed by atoms with van der Waals surface area (Å²) in [7, 11) is 2.88. The molecule has 0 N–H and O–H groups in total. The summed E-state index contributed by atoms with van der Waals surface area (Å²) in [5, 5.41) is 0. The fraction of sp³-hybridized carbons (Fsp3) is 1.00.